The number of hydrogen-bond donors (Lipinski definition) is 1. The van der Waals surface area contributed by atoms with Crippen molar-refractivity contribution in [2.75, 3.05) is 0 Å². The molecule has 154 valence electrons. The lowest BCUT2D eigenvalue weighted by Crippen LogP contribution is -2.27. The lowest BCUT2D eigenvalue weighted by molar-refractivity contribution is 0.0600. The van der Waals surface area contributed by atoms with Gasteiger partial charge in [0.05, 0.1) is 11.2 Å². The summed E-state index contributed by atoms with van der Waals surface area (Å²) in [5, 5.41) is 0.0428. The number of benzene rings is 2. The topological polar surface area (TPSA) is 87.2 Å². The van der Waals surface area contributed by atoms with Gasteiger partial charge in [0, 0.05) is 6.42 Å². The van der Waals surface area contributed by atoms with Crippen LogP contribution in [-0.2, 0) is 11.2 Å². The van der Waals surface area contributed by atoms with Gasteiger partial charge in [-0.25, -0.2) is 14.2 Å². The molecule has 0 aliphatic heterocycles. The molecule has 2 N–H and O–H groups in total. The number of halogens is 1. The summed E-state index contributed by atoms with van der Waals surface area (Å²) in [6.45, 7) is 7.31. The number of nitrogens with two attached hydrogens (primary N) is 1. The highest BCUT2D eigenvalue weighted by Crippen LogP contribution is 2.16. The molecular weight excluding hydrogens is 373 g/mol. The van der Waals surface area contributed by atoms with Crippen molar-refractivity contribution < 1.29 is 13.9 Å². The molecule has 0 aliphatic rings. The Hall–Kier alpha value is -3.22. The molecule has 1 heterocycles. The Morgan fingerprint density at radius 2 is 1.79 bits per heavy atom. The molecule has 0 atom stereocenters. The lowest BCUT2D eigenvalue weighted by Gasteiger charge is -2.16. The molecule has 1 amide bonds. The molecular formula is C22H26FN3O3. The Balaban J connectivity index is 0.000000321. The zero-order chi connectivity index (χ0) is 21.6. The van der Waals surface area contributed by atoms with Gasteiger partial charge < -0.3 is 10.5 Å². The van der Waals surface area contributed by atoms with E-state index < -0.39 is 17.5 Å². The minimum Gasteiger partial charge on any atom is -0.444 e. The van der Waals surface area contributed by atoms with E-state index in [1.54, 1.807) is 32.9 Å². The molecule has 0 saturated carbocycles. The average Bonchev–Trinajstić information content (AvgIpc) is 2.61. The number of rotatable bonds is 3. The Morgan fingerprint density at radius 3 is 2.31 bits per heavy atom. The van der Waals surface area contributed by atoms with E-state index in [9.17, 15) is 14.0 Å². The van der Waals surface area contributed by atoms with Crippen molar-refractivity contribution in [2.24, 2.45) is 5.73 Å². The number of carbonyl (C=O) groups excluding carboxylic acids is 1. The highest BCUT2D eigenvalue weighted by molar-refractivity contribution is 5.78. The van der Waals surface area contributed by atoms with Crippen LogP contribution in [0.25, 0.3) is 16.6 Å². The number of hydrogen-bond acceptors (Lipinski definition) is 4. The summed E-state index contributed by atoms with van der Waals surface area (Å²) in [7, 11) is 0. The number of nitrogens with zero attached hydrogens (tertiary/aromatic N) is 2. The summed E-state index contributed by atoms with van der Waals surface area (Å²) in [6, 6.07) is 13.8. The van der Waals surface area contributed by atoms with E-state index in [0.29, 0.717) is 23.4 Å². The third-order valence-corrected chi connectivity index (χ3v) is 3.81. The van der Waals surface area contributed by atoms with E-state index in [-0.39, 0.29) is 10.9 Å². The summed E-state index contributed by atoms with van der Waals surface area (Å²) in [6.07, 6.45) is 0.800. The molecule has 3 aromatic rings. The third kappa shape index (κ3) is 5.88. The Kier molecular flexibility index (Phi) is 7.09. The van der Waals surface area contributed by atoms with Crippen LogP contribution in [0, 0.1) is 5.82 Å². The first-order valence-corrected chi connectivity index (χ1v) is 9.38. The summed E-state index contributed by atoms with van der Waals surface area (Å²) in [4.78, 5) is 27.2. The SMILES string of the molecule is CC(C)(C)OC(N)=O.CCCc1nc2cccc(F)c2c(=O)n1-c1ccccc1. The van der Waals surface area contributed by atoms with Crippen molar-refractivity contribution in [1.29, 1.82) is 0 Å². The van der Waals surface area contributed by atoms with E-state index in [2.05, 4.69) is 9.72 Å². The van der Waals surface area contributed by atoms with Gasteiger partial charge in [0.15, 0.2) is 0 Å². The van der Waals surface area contributed by atoms with E-state index in [0.717, 1.165) is 6.42 Å². The number of aromatic nitrogens is 2. The van der Waals surface area contributed by atoms with E-state index in [1.807, 2.05) is 37.3 Å². The zero-order valence-electron chi connectivity index (χ0n) is 17.1. The van der Waals surface area contributed by atoms with Crippen molar-refractivity contribution in [1.82, 2.24) is 9.55 Å². The van der Waals surface area contributed by atoms with Crippen LogP contribution in [0.15, 0.2) is 53.3 Å². The van der Waals surface area contributed by atoms with Gasteiger partial charge in [-0.3, -0.25) is 9.36 Å². The van der Waals surface area contributed by atoms with Crippen molar-refractivity contribution in [3.8, 4) is 5.69 Å². The Morgan fingerprint density at radius 1 is 1.14 bits per heavy atom. The molecule has 0 fully saturated rings. The molecule has 0 spiro atoms. The number of para-hydroxylation sites is 1. The molecule has 7 heteroatoms. The smallest absolute Gasteiger partial charge is 0.405 e. The summed E-state index contributed by atoms with van der Waals surface area (Å²) in [5.74, 6) is 0.129. The maximum atomic E-state index is 14.0. The number of ether oxygens (including phenoxy) is 1. The molecule has 1 aromatic heterocycles. The monoisotopic (exact) mass is 399 g/mol. The summed E-state index contributed by atoms with van der Waals surface area (Å²) < 4.78 is 20.1. The van der Waals surface area contributed by atoms with Gasteiger partial charge in [0.2, 0.25) is 0 Å². The largest absolute Gasteiger partial charge is 0.444 e. The first kappa shape index (κ1) is 22.1. The predicted molar refractivity (Wildman–Crippen MR) is 112 cm³/mol. The van der Waals surface area contributed by atoms with Crippen LogP contribution in [-0.4, -0.2) is 21.2 Å². The third-order valence-electron chi connectivity index (χ3n) is 3.81. The fraction of sp³-hybridized carbons (Fsp3) is 0.318. The second-order valence-electron chi connectivity index (χ2n) is 7.42. The number of primary amides is 1. The quantitative estimate of drug-likeness (QED) is 0.709. The fourth-order valence-corrected chi connectivity index (χ4v) is 2.77. The van der Waals surface area contributed by atoms with E-state index >= 15 is 0 Å². The molecule has 0 radical (unpaired) electrons. The van der Waals surface area contributed by atoms with Crippen LogP contribution in [0.5, 0.6) is 0 Å². The number of aryl methyl sites for hydroxylation is 1. The number of fused-ring (bicyclic) bond motifs is 1. The van der Waals surface area contributed by atoms with Crippen LogP contribution >= 0.6 is 0 Å². The highest BCUT2D eigenvalue weighted by Gasteiger charge is 2.15. The first-order chi connectivity index (χ1) is 13.6. The van der Waals surface area contributed by atoms with Gasteiger partial charge in [-0.05, 0) is 51.5 Å². The van der Waals surface area contributed by atoms with Crippen molar-refractivity contribution in [2.45, 2.75) is 46.1 Å². The van der Waals surface area contributed by atoms with Crippen molar-refractivity contribution in [3.05, 3.63) is 70.5 Å². The Labute approximate surface area is 169 Å². The first-order valence-electron chi connectivity index (χ1n) is 9.38. The molecule has 0 unspecified atom stereocenters. The zero-order valence-corrected chi connectivity index (χ0v) is 17.1. The normalized spacial score (nSPS) is 10.9. The summed E-state index contributed by atoms with van der Waals surface area (Å²) in [5.41, 5.74) is 5.04. The lowest BCUT2D eigenvalue weighted by atomic mass is 10.2. The molecule has 6 nitrogen and oxygen atoms in total. The van der Waals surface area contributed by atoms with Crippen molar-refractivity contribution >= 4 is 17.0 Å². The highest BCUT2D eigenvalue weighted by atomic mass is 19.1. The minimum atomic E-state index is -0.725. The number of carbonyl (C=O) groups is 1. The second kappa shape index (κ2) is 9.32. The van der Waals surface area contributed by atoms with Gasteiger partial charge in [0.25, 0.3) is 5.56 Å². The van der Waals surface area contributed by atoms with Gasteiger partial charge in [0.1, 0.15) is 22.6 Å². The standard InChI is InChI=1S/C17H15FN2O.C5H11NO2/c1-2-7-15-19-14-11-6-10-13(18)16(14)17(21)20(15)12-8-4-3-5-9-12;1-5(2,3)8-4(6)7/h3-6,8-11H,2,7H2,1H3;1-3H3,(H2,6,7). The van der Waals surface area contributed by atoms with Gasteiger partial charge in [-0.2, -0.15) is 0 Å². The number of amides is 1. The Bertz CT molecular complexity index is 1040. The van der Waals surface area contributed by atoms with E-state index in [4.69, 9.17) is 5.73 Å². The van der Waals surface area contributed by atoms with E-state index in [1.165, 1.54) is 10.6 Å². The maximum absolute atomic E-state index is 14.0. The molecule has 29 heavy (non-hydrogen) atoms. The van der Waals surface area contributed by atoms with Gasteiger partial charge in [-0.1, -0.05) is 31.2 Å². The van der Waals surface area contributed by atoms with Gasteiger partial charge >= 0.3 is 6.09 Å². The van der Waals surface area contributed by atoms with Crippen LogP contribution in [0.4, 0.5) is 9.18 Å². The fourth-order valence-electron chi connectivity index (χ4n) is 2.77. The average molecular weight is 399 g/mol. The molecule has 0 saturated heterocycles. The minimum absolute atomic E-state index is 0.0428. The van der Waals surface area contributed by atoms with Crippen LogP contribution in [0.2, 0.25) is 0 Å². The molecule has 2 aromatic carbocycles. The molecule has 3 rings (SSSR count). The summed E-state index contributed by atoms with van der Waals surface area (Å²) >= 11 is 0. The maximum Gasteiger partial charge on any atom is 0.405 e. The second-order valence-corrected chi connectivity index (χ2v) is 7.42. The van der Waals surface area contributed by atoms with Gasteiger partial charge in [-0.15, -0.1) is 0 Å². The van der Waals surface area contributed by atoms with Crippen molar-refractivity contribution in [3.63, 3.8) is 0 Å². The molecule has 0 aliphatic carbocycles. The van der Waals surface area contributed by atoms with Crippen LogP contribution < -0.4 is 11.3 Å². The van der Waals surface area contributed by atoms with Crippen LogP contribution in [0.3, 0.4) is 0 Å². The molecule has 0 bridgehead atoms. The predicted octanol–water partition coefficient (Wildman–Crippen LogP) is 4.36. The van der Waals surface area contributed by atoms with Crippen LogP contribution in [0.1, 0.15) is 39.9 Å².